The van der Waals surface area contributed by atoms with Gasteiger partial charge in [-0.05, 0) is 37.2 Å². The molecule has 3 rings (SSSR count). The summed E-state index contributed by atoms with van der Waals surface area (Å²) in [5, 5.41) is 19.0. The van der Waals surface area contributed by atoms with Gasteiger partial charge < -0.3 is 19.8 Å². The molecule has 2 saturated heterocycles. The molecule has 6 heteroatoms. The fourth-order valence-electron chi connectivity index (χ4n) is 3.55. The molecule has 2 atom stereocenters. The molecule has 26 heavy (non-hydrogen) atoms. The van der Waals surface area contributed by atoms with Crippen LogP contribution in [0, 0.1) is 11.8 Å². The average molecular weight is 384 g/mol. The molecule has 1 aromatic carbocycles. The van der Waals surface area contributed by atoms with Gasteiger partial charge in [0, 0.05) is 29.9 Å². The van der Waals surface area contributed by atoms with Gasteiger partial charge in [0.1, 0.15) is 0 Å². The molecular formula is C20H30ClNO4. The van der Waals surface area contributed by atoms with Gasteiger partial charge in [-0.15, -0.1) is 0 Å². The highest BCUT2D eigenvalue weighted by atomic mass is 35.5. The van der Waals surface area contributed by atoms with E-state index < -0.39 is 5.97 Å². The van der Waals surface area contributed by atoms with Crippen molar-refractivity contribution in [2.75, 3.05) is 32.8 Å². The van der Waals surface area contributed by atoms with E-state index in [1.165, 1.54) is 44.4 Å². The quantitative estimate of drug-likeness (QED) is 0.735. The lowest BCUT2D eigenvalue weighted by atomic mass is 9.85. The van der Waals surface area contributed by atoms with E-state index in [1.807, 2.05) is 0 Å². The Morgan fingerprint density at radius 3 is 2.31 bits per heavy atom. The van der Waals surface area contributed by atoms with E-state index in [2.05, 4.69) is 11.8 Å². The number of fused-ring (bicyclic) bond motifs is 2. The van der Waals surface area contributed by atoms with E-state index in [0.29, 0.717) is 16.9 Å². The van der Waals surface area contributed by atoms with Gasteiger partial charge in [0.2, 0.25) is 0 Å². The van der Waals surface area contributed by atoms with Crippen LogP contribution in [0.3, 0.4) is 0 Å². The molecule has 146 valence electrons. The Labute approximate surface area is 160 Å². The number of benzene rings is 1. The molecule has 0 saturated carbocycles. The molecule has 2 fully saturated rings. The monoisotopic (exact) mass is 383 g/mol. The SMILES string of the molecule is CCCCCCN1CC2COCC(C1)C2O.O=C(O)c1ccc(Cl)cc1. The van der Waals surface area contributed by atoms with Crippen molar-refractivity contribution in [3.8, 4) is 0 Å². The Balaban J connectivity index is 0.000000209. The first-order chi connectivity index (χ1) is 12.5. The van der Waals surface area contributed by atoms with Crippen molar-refractivity contribution in [2.24, 2.45) is 11.8 Å². The number of hydrogen-bond donors (Lipinski definition) is 2. The summed E-state index contributed by atoms with van der Waals surface area (Å²) in [4.78, 5) is 12.8. The van der Waals surface area contributed by atoms with Gasteiger partial charge in [0.05, 0.1) is 24.9 Å². The van der Waals surface area contributed by atoms with Crippen molar-refractivity contribution in [2.45, 2.75) is 38.7 Å². The van der Waals surface area contributed by atoms with Crippen molar-refractivity contribution >= 4 is 17.6 Å². The zero-order valence-electron chi connectivity index (χ0n) is 15.4. The average Bonchev–Trinajstić information content (AvgIpc) is 2.60. The van der Waals surface area contributed by atoms with Crippen LogP contribution in [0.5, 0.6) is 0 Å². The summed E-state index contributed by atoms with van der Waals surface area (Å²) in [7, 11) is 0. The molecule has 5 nitrogen and oxygen atoms in total. The number of unbranched alkanes of at least 4 members (excludes halogenated alkanes) is 3. The molecule has 0 radical (unpaired) electrons. The maximum atomic E-state index is 10.3. The summed E-state index contributed by atoms with van der Waals surface area (Å²) in [5.74, 6) is -0.214. The van der Waals surface area contributed by atoms with Crippen LogP contribution >= 0.6 is 11.6 Å². The normalized spacial score (nSPS) is 25.3. The first-order valence-electron chi connectivity index (χ1n) is 9.48. The fraction of sp³-hybridized carbons (Fsp3) is 0.650. The molecule has 2 aliphatic rings. The molecule has 2 unspecified atom stereocenters. The van der Waals surface area contributed by atoms with Crippen molar-refractivity contribution in [1.82, 2.24) is 4.90 Å². The number of aromatic carboxylic acids is 1. The van der Waals surface area contributed by atoms with Gasteiger partial charge in [-0.25, -0.2) is 4.79 Å². The van der Waals surface area contributed by atoms with Gasteiger partial charge in [-0.1, -0.05) is 37.8 Å². The zero-order valence-corrected chi connectivity index (χ0v) is 16.2. The minimum atomic E-state index is -0.934. The molecule has 0 aliphatic carbocycles. The highest BCUT2D eigenvalue weighted by molar-refractivity contribution is 6.30. The number of piperidine rings is 1. The number of carboxylic acids is 1. The second kappa shape index (κ2) is 10.9. The summed E-state index contributed by atoms with van der Waals surface area (Å²) in [6, 6.07) is 6.02. The van der Waals surface area contributed by atoms with E-state index in [1.54, 1.807) is 12.1 Å². The maximum absolute atomic E-state index is 10.3. The smallest absolute Gasteiger partial charge is 0.335 e. The number of likely N-dealkylation sites (tertiary alicyclic amines) is 1. The predicted molar refractivity (Wildman–Crippen MR) is 103 cm³/mol. The van der Waals surface area contributed by atoms with Crippen molar-refractivity contribution in [3.63, 3.8) is 0 Å². The highest BCUT2D eigenvalue weighted by Gasteiger charge is 2.38. The Bertz CT molecular complexity index is 537. The van der Waals surface area contributed by atoms with Gasteiger partial charge in [0.15, 0.2) is 0 Å². The predicted octanol–water partition coefficient (Wildman–Crippen LogP) is 3.54. The Morgan fingerprint density at radius 2 is 1.77 bits per heavy atom. The maximum Gasteiger partial charge on any atom is 0.335 e. The van der Waals surface area contributed by atoms with Crippen molar-refractivity contribution in [1.29, 1.82) is 0 Å². The van der Waals surface area contributed by atoms with Crippen LogP contribution < -0.4 is 0 Å². The van der Waals surface area contributed by atoms with Gasteiger partial charge in [-0.3, -0.25) is 0 Å². The number of carbonyl (C=O) groups is 1. The van der Waals surface area contributed by atoms with Crippen LogP contribution in [0.4, 0.5) is 0 Å². The largest absolute Gasteiger partial charge is 0.478 e. The van der Waals surface area contributed by atoms with Gasteiger partial charge in [0.25, 0.3) is 0 Å². The number of aliphatic hydroxyl groups is 1. The summed E-state index contributed by atoms with van der Waals surface area (Å²) in [6.07, 6.45) is 5.20. The number of hydrogen-bond acceptors (Lipinski definition) is 4. The third-order valence-electron chi connectivity index (χ3n) is 5.03. The van der Waals surface area contributed by atoms with Crippen LogP contribution in [0.15, 0.2) is 24.3 Å². The lowest BCUT2D eigenvalue weighted by Crippen LogP contribution is -2.55. The topological polar surface area (TPSA) is 70.0 Å². The van der Waals surface area contributed by atoms with Gasteiger partial charge >= 0.3 is 5.97 Å². The molecule has 1 aromatic rings. The lowest BCUT2D eigenvalue weighted by Gasteiger charge is -2.44. The standard InChI is InChI=1S/C13H25NO2.C7H5ClO2/c1-2-3-4-5-6-14-7-11-9-16-10-12(8-14)13(11)15;8-6-3-1-5(2-4-6)7(9)10/h11-13,15H,2-10H2,1H3;1-4H,(H,9,10). The van der Waals surface area contributed by atoms with Crippen LogP contribution in [0.2, 0.25) is 5.02 Å². The minimum Gasteiger partial charge on any atom is -0.478 e. The number of halogens is 1. The van der Waals surface area contributed by atoms with Crippen molar-refractivity contribution in [3.05, 3.63) is 34.9 Å². The first-order valence-corrected chi connectivity index (χ1v) is 9.86. The summed E-state index contributed by atoms with van der Waals surface area (Å²) in [5.41, 5.74) is 0.254. The molecule has 0 spiro atoms. The number of aliphatic hydroxyl groups excluding tert-OH is 1. The number of rotatable bonds is 6. The second-order valence-corrected chi connectivity index (χ2v) is 7.62. The third kappa shape index (κ3) is 6.54. The Hall–Kier alpha value is -1.14. The second-order valence-electron chi connectivity index (χ2n) is 7.18. The minimum absolute atomic E-state index is 0.111. The Kier molecular flexibility index (Phi) is 8.85. The van der Waals surface area contributed by atoms with Crippen LogP contribution in [-0.4, -0.2) is 60.0 Å². The number of carboxylic acid groups (broad SMARTS) is 1. The molecule has 0 aromatic heterocycles. The number of nitrogens with zero attached hydrogens (tertiary/aromatic N) is 1. The van der Waals surface area contributed by atoms with E-state index in [9.17, 15) is 9.90 Å². The summed E-state index contributed by atoms with van der Waals surface area (Å²) in [6.45, 7) is 7.03. The molecule has 2 N–H and O–H groups in total. The van der Waals surface area contributed by atoms with E-state index >= 15 is 0 Å². The highest BCUT2D eigenvalue weighted by Crippen LogP contribution is 2.27. The van der Waals surface area contributed by atoms with Crippen LogP contribution in [-0.2, 0) is 4.74 Å². The molecule has 2 bridgehead atoms. The summed E-state index contributed by atoms with van der Waals surface area (Å²) >= 11 is 5.52. The lowest BCUT2D eigenvalue weighted by molar-refractivity contribution is -0.123. The zero-order chi connectivity index (χ0) is 18.9. The van der Waals surface area contributed by atoms with E-state index in [-0.39, 0.29) is 11.7 Å². The third-order valence-corrected chi connectivity index (χ3v) is 5.29. The number of ether oxygens (including phenoxy) is 1. The van der Waals surface area contributed by atoms with Crippen LogP contribution in [0.1, 0.15) is 43.0 Å². The fourth-order valence-corrected chi connectivity index (χ4v) is 3.68. The molecule has 2 heterocycles. The summed E-state index contributed by atoms with van der Waals surface area (Å²) < 4.78 is 5.51. The molecule has 0 amide bonds. The Morgan fingerprint density at radius 1 is 1.15 bits per heavy atom. The van der Waals surface area contributed by atoms with E-state index in [0.717, 1.165) is 26.3 Å². The van der Waals surface area contributed by atoms with Gasteiger partial charge in [-0.2, -0.15) is 0 Å². The molecular weight excluding hydrogens is 354 g/mol. The van der Waals surface area contributed by atoms with E-state index in [4.69, 9.17) is 21.4 Å². The van der Waals surface area contributed by atoms with Crippen molar-refractivity contribution < 1.29 is 19.7 Å². The first kappa shape index (κ1) is 21.2. The molecule has 2 aliphatic heterocycles. The van der Waals surface area contributed by atoms with Crippen LogP contribution in [0.25, 0.3) is 0 Å².